The molecule has 1 N–H and O–H groups in total. The molecule has 1 saturated heterocycles. The summed E-state index contributed by atoms with van der Waals surface area (Å²) in [5, 5.41) is 14.4. The third kappa shape index (κ3) is 4.29. The van der Waals surface area contributed by atoms with Crippen LogP contribution in [-0.2, 0) is 6.54 Å². The molecule has 138 valence electrons. The van der Waals surface area contributed by atoms with Gasteiger partial charge in [-0.1, -0.05) is 11.6 Å². The van der Waals surface area contributed by atoms with E-state index in [0.717, 1.165) is 18.0 Å². The maximum Gasteiger partial charge on any atom is 0.293 e. The number of likely N-dealkylation sites (N-methyl/N-ethyl adjacent to an activating group) is 1. The summed E-state index contributed by atoms with van der Waals surface area (Å²) < 4.78 is 0.421. The van der Waals surface area contributed by atoms with Gasteiger partial charge in [-0.05, 0) is 19.2 Å². The molecule has 1 aromatic heterocycles. The highest BCUT2D eigenvalue weighted by atomic mass is 35.5. The van der Waals surface area contributed by atoms with Crippen molar-refractivity contribution in [3.63, 3.8) is 0 Å². The number of benzene rings is 1. The third-order valence-corrected chi connectivity index (χ3v) is 5.33. The third-order valence-electron chi connectivity index (χ3n) is 4.21. The first-order chi connectivity index (χ1) is 12.4. The molecule has 26 heavy (non-hydrogen) atoms. The predicted octanol–water partition coefficient (Wildman–Crippen LogP) is 2.70. The maximum absolute atomic E-state index is 12.6. The highest BCUT2D eigenvalue weighted by Gasteiger charge is 2.23. The zero-order valence-corrected chi connectivity index (χ0v) is 15.7. The van der Waals surface area contributed by atoms with Crippen LogP contribution in [0.3, 0.4) is 0 Å². The molecule has 1 aromatic carbocycles. The average Bonchev–Trinajstić information content (AvgIpc) is 3.05. The van der Waals surface area contributed by atoms with Crippen molar-refractivity contribution in [1.82, 2.24) is 14.8 Å². The van der Waals surface area contributed by atoms with Gasteiger partial charge in [0.1, 0.15) is 5.69 Å². The zero-order valence-electron chi connectivity index (χ0n) is 14.1. The monoisotopic (exact) mass is 395 g/mol. The molecule has 1 amide bonds. The van der Waals surface area contributed by atoms with Crippen molar-refractivity contribution in [3.05, 3.63) is 49.4 Å². The van der Waals surface area contributed by atoms with Crippen molar-refractivity contribution >= 4 is 40.2 Å². The Hall–Kier alpha value is -2.23. The first-order valence-electron chi connectivity index (χ1n) is 8.04. The molecule has 0 atom stereocenters. The number of nitrogens with zero attached hydrogens (tertiary/aromatic N) is 4. The van der Waals surface area contributed by atoms with Gasteiger partial charge in [0.15, 0.2) is 4.47 Å². The van der Waals surface area contributed by atoms with Crippen LogP contribution in [0.15, 0.2) is 24.4 Å². The average molecular weight is 396 g/mol. The Morgan fingerprint density at radius 2 is 2.12 bits per heavy atom. The summed E-state index contributed by atoms with van der Waals surface area (Å²) in [6, 6.07) is 4.53. The first kappa shape index (κ1) is 18.6. The fourth-order valence-corrected chi connectivity index (χ4v) is 3.62. The molecule has 1 fully saturated rings. The van der Waals surface area contributed by atoms with Crippen LogP contribution in [0.4, 0.5) is 11.4 Å². The van der Waals surface area contributed by atoms with Crippen molar-refractivity contribution in [2.75, 3.05) is 38.5 Å². The van der Waals surface area contributed by atoms with E-state index in [2.05, 4.69) is 15.2 Å². The Kier molecular flexibility index (Phi) is 5.70. The summed E-state index contributed by atoms with van der Waals surface area (Å²) in [5.74, 6) is -0.179. The van der Waals surface area contributed by atoms with Gasteiger partial charge in [0.25, 0.3) is 11.6 Å². The van der Waals surface area contributed by atoms with Gasteiger partial charge in [0.2, 0.25) is 0 Å². The molecule has 2 heterocycles. The molecular weight excluding hydrogens is 378 g/mol. The molecule has 0 unspecified atom stereocenters. The molecule has 0 radical (unpaired) electrons. The zero-order chi connectivity index (χ0) is 18.7. The van der Waals surface area contributed by atoms with Crippen LogP contribution in [0.2, 0.25) is 4.47 Å². The molecule has 1 aliphatic rings. The normalized spacial score (nSPS) is 15.1. The summed E-state index contributed by atoms with van der Waals surface area (Å²) in [4.78, 5) is 32.2. The van der Waals surface area contributed by atoms with Crippen molar-refractivity contribution in [1.29, 1.82) is 0 Å². The summed E-state index contributed by atoms with van der Waals surface area (Å²) >= 11 is 7.09. The Balaban J connectivity index is 1.75. The summed E-state index contributed by atoms with van der Waals surface area (Å²) in [7, 11) is 2.00. The number of hydrogen-bond acceptors (Lipinski definition) is 7. The van der Waals surface area contributed by atoms with Crippen LogP contribution in [-0.4, -0.2) is 58.8 Å². The van der Waals surface area contributed by atoms with E-state index < -0.39 is 4.92 Å². The van der Waals surface area contributed by atoms with Crippen LogP contribution in [0.25, 0.3) is 0 Å². The Morgan fingerprint density at radius 3 is 2.73 bits per heavy atom. The molecule has 3 rings (SSSR count). The lowest BCUT2D eigenvalue weighted by molar-refractivity contribution is -0.384. The van der Waals surface area contributed by atoms with Crippen molar-refractivity contribution in [3.8, 4) is 0 Å². The van der Waals surface area contributed by atoms with E-state index in [1.807, 2.05) is 7.05 Å². The van der Waals surface area contributed by atoms with Crippen LogP contribution in [0, 0.1) is 10.1 Å². The van der Waals surface area contributed by atoms with E-state index in [-0.39, 0.29) is 11.6 Å². The Bertz CT molecular complexity index is 820. The lowest BCUT2D eigenvalue weighted by atomic mass is 10.1. The van der Waals surface area contributed by atoms with Crippen LogP contribution < -0.4 is 5.32 Å². The number of anilines is 1. The number of halogens is 1. The maximum atomic E-state index is 12.6. The second-order valence-corrected chi connectivity index (χ2v) is 7.71. The van der Waals surface area contributed by atoms with Gasteiger partial charge < -0.3 is 15.1 Å². The number of thiazole rings is 1. The highest BCUT2D eigenvalue weighted by molar-refractivity contribution is 7.15. The molecule has 2 aromatic rings. The Labute approximate surface area is 159 Å². The molecule has 0 spiro atoms. The fraction of sp³-hybridized carbons (Fsp3) is 0.375. The molecule has 0 saturated carbocycles. The lowest BCUT2D eigenvalue weighted by Gasteiger charge is -2.32. The largest absolute Gasteiger partial charge is 0.375 e. The standard InChI is InChI=1S/C16H18ClN5O3S/c1-20-4-6-21(7-5-20)15(23)11-2-3-13(14(8-11)22(24)25)18-9-12-10-19-16(17)26-12/h2-3,8,10,18H,4-7,9H2,1H3. The number of nitrogens with one attached hydrogen (secondary N) is 1. The van der Waals surface area contributed by atoms with E-state index in [0.29, 0.717) is 35.4 Å². The number of nitro benzene ring substituents is 1. The number of rotatable bonds is 5. The SMILES string of the molecule is CN1CCN(C(=O)c2ccc(NCc3cnc(Cl)s3)c([N+](=O)[O-])c2)CC1. The number of amides is 1. The number of nitro groups is 1. The van der Waals surface area contributed by atoms with E-state index >= 15 is 0 Å². The van der Waals surface area contributed by atoms with Crippen molar-refractivity contribution in [2.45, 2.75) is 6.54 Å². The minimum absolute atomic E-state index is 0.124. The molecule has 0 aliphatic carbocycles. The highest BCUT2D eigenvalue weighted by Crippen LogP contribution is 2.28. The van der Waals surface area contributed by atoms with E-state index in [9.17, 15) is 14.9 Å². The molecule has 1 aliphatic heterocycles. The van der Waals surface area contributed by atoms with Gasteiger partial charge in [-0.15, -0.1) is 11.3 Å². The summed E-state index contributed by atoms with van der Waals surface area (Å²) in [6.07, 6.45) is 1.62. The van der Waals surface area contributed by atoms with Crippen LogP contribution in [0.5, 0.6) is 0 Å². The minimum atomic E-state index is -0.483. The topological polar surface area (TPSA) is 91.6 Å². The van der Waals surface area contributed by atoms with E-state index in [1.54, 1.807) is 23.2 Å². The first-order valence-corrected chi connectivity index (χ1v) is 9.24. The predicted molar refractivity (Wildman–Crippen MR) is 101 cm³/mol. The molecule has 8 nitrogen and oxygen atoms in total. The Morgan fingerprint density at radius 1 is 1.38 bits per heavy atom. The number of piperazine rings is 1. The van der Waals surface area contributed by atoms with E-state index in [4.69, 9.17) is 11.6 Å². The second kappa shape index (κ2) is 7.98. The van der Waals surface area contributed by atoms with Gasteiger partial charge in [0, 0.05) is 48.9 Å². The van der Waals surface area contributed by atoms with Gasteiger partial charge in [0.05, 0.1) is 11.5 Å². The molecule has 10 heteroatoms. The number of carbonyl (C=O) groups excluding carboxylic acids is 1. The van der Waals surface area contributed by atoms with Gasteiger partial charge in [-0.3, -0.25) is 14.9 Å². The number of aromatic nitrogens is 1. The molecular formula is C16H18ClN5O3S. The quantitative estimate of drug-likeness (QED) is 0.618. The number of hydrogen-bond donors (Lipinski definition) is 1. The van der Waals surface area contributed by atoms with Crippen LogP contribution >= 0.6 is 22.9 Å². The van der Waals surface area contributed by atoms with Gasteiger partial charge in [-0.2, -0.15) is 0 Å². The lowest BCUT2D eigenvalue weighted by Crippen LogP contribution is -2.47. The van der Waals surface area contributed by atoms with E-state index in [1.165, 1.54) is 17.4 Å². The van der Waals surface area contributed by atoms with Gasteiger partial charge in [-0.25, -0.2) is 4.98 Å². The van der Waals surface area contributed by atoms with Gasteiger partial charge >= 0.3 is 0 Å². The summed E-state index contributed by atoms with van der Waals surface area (Å²) in [6.45, 7) is 3.21. The smallest absolute Gasteiger partial charge is 0.293 e. The van der Waals surface area contributed by atoms with Crippen molar-refractivity contribution in [2.24, 2.45) is 0 Å². The van der Waals surface area contributed by atoms with Crippen molar-refractivity contribution < 1.29 is 9.72 Å². The van der Waals surface area contributed by atoms with Crippen LogP contribution in [0.1, 0.15) is 15.2 Å². The minimum Gasteiger partial charge on any atom is -0.375 e. The number of carbonyl (C=O) groups is 1. The summed E-state index contributed by atoms with van der Waals surface area (Å²) in [5.41, 5.74) is 0.558. The molecule has 0 bridgehead atoms. The second-order valence-electron chi connectivity index (χ2n) is 6.02. The fourth-order valence-electron chi connectivity index (χ4n) is 2.71.